The van der Waals surface area contributed by atoms with Crippen LogP contribution in [0.2, 0.25) is 0 Å². The third kappa shape index (κ3) is 7.26. The second kappa shape index (κ2) is 8.32. The molecule has 0 aliphatic rings. The van der Waals surface area contributed by atoms with E-state index in [2.05, 4.69) is 13.8 Å². The van der Waals surface area contributed by atoms with E-state index in [0.717, 1.165) is 18.2 Å². The number of ether oxygens (including phenoxy) is 2. The first-order valence-electron chi connectivity index (χ1n) is 6.29. The van der Waals surface area contributed by atoms with Crippen molar-refractivity contribution in [1.29, 1.82) is 0 Å². The summed E-state index contributed by atoms with van der Waals surface area (Å²) >= 11 is 0. The molecule has 0 aromatic heterocycles. The summed E-state index contributed by atoms with van der Waals surface area (Å²) < 4.78 is 10.9. The van der Waals surface area contributed by atoms with Gasteiger partial charge in [-0.25, -0.2) is 4.79 Å². The SMILES string of the molecule is CC(C)COCCOc1cccc(C=CC(=O)O)c1. The normalized spacial score (nSPS) is 11.1. The monoisotopic (exact) mass is 264 g/mol. The molecule has 4 heteroatoms. The van der Waals surface area contributed by atoms with Crippen LogP contribution in [0.4, 0.5) is 0 Å². The van der Waals surface area contributed by atoms with Gasteiger partial charge in [0.1, 0.15) is 12.4 Å². The number of carboxylic acids is 1. The predicted molar refractivity (Wildman–Crippen MR) is 74.3 cm³/mol. The Bertz CT molecular complexity index is 424. The van der Waals surface area contributed by atoms with E-state index in [4.69, 9.17) is 14.6 Å². The smallest absolute Gasteiger partial charge is 0.328 e. The quantitative estimate of drug-likeness (QED) is 0.579. The van der Waals surface area contributed by atoms with Gasteiger partial charge in [-0.3, -0.25) is 0 Å². The fraction of sp³-hybridized carbons (Fsp3) is 0.400. The molecule has 0 saturated heterocycles. The van der Waals surface area contributed by atoms with Gasteiger partial charge in [0, 0.05) is 12.7 Å². The topological polar surface area (TPSA) is 55.8 Å². The number of carbonyl (C=O) groups is 1. The van der Waals surface area contributed by atoms with E-state index in [-0.39, 0.29) is 0 Å². The molecule has 0 bridgehead atoms. The summed E-state index contributed by atoms with van der Waals surface area (Å²) in [4.78, 5) is 10.4. The van der Waals surface area contributed by atoms with Crippen LogP contribution in [0.25, 0.3) is 6.08 Å². The molecule has 0 fully saturated rings. The van der Waals surface area contributed by atoms with E-state index in [1.807, 2.05) is 18.2 Å². The van der Waals surface area contributed by atoms with Crippen molar-refractivity contribution in [3.63, 3.8) is 0 Å². The maximum absolute atomic E-state index is 10.4. The number of benzene rings is 1. The molecule has 0 heterocycles. The average Bonchev–Trinajstić information content (AvgIpc) is 2.36. The number of hydrogen-bond acceptors (Lipinski definition) is 3. The molecule has 0 aliphatic heterocycles. The van der Waals surface area contributed by atoms with Crippen molar-refractivity contribution < 1.29 is 19.4 Å². The van der Waals surface area contributed by atoms with Crippen molar-refractivity contribution in [2.75, 3.05) is 19.8 Å². The lowest BCUT2D eigenvalue weighted by molar-refractivity contribution is -0.131. The van der Waals surface area contributed by atoms with Crippen LogP contribution in [0.1, 0.15) is 19.4 Å². The molecule has 0 unspecified atom stereocenters. The summed E-state index contributed by atoms with van der Waals surface area (Å²) in [6.07, 6.45) is 2.63. The fourth-order valence-electron chi connectivity index (χ4n) is 1.41. The molecule has 0 amide bonds. The van der Waals surface area contributed by atoms with Crippen LogP contribution in [0.5, 0.6) is 5.75 Å². The zero-order chi connectivity index (χ0) is 14.1. The van der Waals surface area contributed by atoms with Crippen molar-refractivity contribution in [3.05, 3.63) is 35.9 Å². The maximum atomic E-state index is 10.4. The number of aliphatic carboxylic acids is 1. The Morgan fingerprint density at radius 2 is 2.16 bits per heavy atom. The summed E-state index contributed by atoms with van der Waals surface area (Å²) in [5.74, 6) is 0.263. The lowest BCUT2D eigenvalue weighted by Crippen LogP contribution is -2.10. The molecule has 104 valence electrons. The molecule has 0 saturated carbocycles. The maximum Gasteiger partial charge on any atom is 0.328 e. The zero-order valence-corrected chi connectivity index (χ0v) is 11.3. The van der Waals surface area contributed by atoms with Crippen LogP contribution >= 0.6 is 0 Å². The van der Waals surface area contributed by atoms with E-state index in [1.54, 1.807) is 6.07 Å². The van der Waals surface area contributed by atoms with E-state index in [1.165, 1.54) is 6.08 Å². The molecule has 1 rings (SSSR count). The molecule has 19 heavy (non-hydrogen) atoms. The molecule has 4 nitrogen and oxygen atoms in total. The van der Waals surface area contributed by atoms with E-state index < -0.39 is 5.97 Å². The molecule has 0 aliphatic carbocycles. The summed E-state index contributed by atoms with van der Waals surface area (Å²) in [5.41, 5.74) is 0.794. The third-order valence-corrected chi connectivity index (χ3v) is 2.22. The number of carboxylic acid groups (broad SMARTS) is 1. The fourth-order valence-corrected chi connectivity index (χ4v) is 1.41. The van der Waals surface area contributed by atoms with Crippen LogP contribution in [-0.2, 0) is 9.53 Å². The van der Waals surface area contributed by atoms with Gasteiger partial charge >= 0.3 is 5.97 Å². The second-order valence-corrected chi connectivity index (χ2v) is 4.56. The minimum absolute atomic E-state index is 0.485. The van der Waals surface area contributed by atoms with Gasteiger partial charge in [-0.05, 0) is 29.7 Å². The molecule has 0 atom stereocenters. The van der Waals surface area contributed by atoms with Gasteiger partial charge in [0.25, 0.3) is 0 Å². The summed E-state index contributed by atoms with van der Waals surface area (Å²) in [6, 6.07) is 7.27. The van der Waals surface area contributed by atoms with E-state index in [9.17, 15) is 4.79 Å². The lowest BCUT2D eigenvalue weighted by atomic mass is 10.2. The van der Waals surface area contributed by atoms with Gasteiger partial charge in [0.05, 0.1) is 6.61 Å². The first-order valence-corrected chi connectivity index (χ1v) is 6.29. The van der Waals surface area contributed by atoms with Gasteiger partial charge < -0.3 is 14.6 Å². The zero-order valence-electron chi connectivity index (χ0n) is 11.3. The molecule has 0 spiro atoms. The Morgan fingerprint density at radius 1 is 1.37 bits per heavy atom. The standard InChI is InChI=1S/C15H20O4/c1-12(2)11-18-8-9-19-14-5-3-4-13(10-14)6-7-15(16)17/h3-7,10,12H,8-9,11H2,1-2H3,(H,16,17). The molecular weight excluding hydrogens is 244 g/mol. The minimum atomic E-state index is -0.964. The average molecular weight is 264 g/mol. The van der Waals surface area contributed by atoms with Crippen LogP contribution in [0.15, 0.2) is 30.3 Å². The summed E-state index contributed by atoms with van der Waals surface area (Å²) in [5, 5.41) is 8.55. The Balaban J connectivity index is 2.38. The number of rotatable bonds is 8. The first-order chi connectivity index (χ1) is 9.08. The molecule has 0 radical (unpaired) electrons. The van der Waals surface area contributed by atoms with Gasteiger partial charge in [0.15, 0.2) is 0 Å². The highest BCUT2D eigenvalue weighted by atomic mass is 16.5. The van der Waals surface area contributed by atoms with Crippen molar-refractivity contribution in [2.45, 2.75) is 13.8 Å². The second-order valence-electron chi connectivity index (χ2n) is 4.56. The Labute approximate surface area is 113 Å². The largest absolute Gasteiger partial charge is 0.491 e. The molecule has 1 N–H and O–H groups in total. The minimum Gasteiger partial charge on any atom is -0.491 e. The van der Waals surface area contributed by atoms with Gasteiger partial charge in [-0.15, -0.1) is 0 Å². The summed E-state index contributed by atoms with van der Waals surface area (Å²) in [6.45, 7) is 5.95. The molecule has 1 aromatic carbocycles. The van der Waals surface area contributed by atoms with Crippen LogP contribution in [0.3, 0.4) is 0 Å². The number of hydrogen-bond donors (Lipinski definition) is 1. The highest BCUT2D eigenvalue weighted by Crippen LogP contribution is 2.14. The van der Waals surface area contributed by atoms with E-state index >= 15 is 0 Å². The van der Waals surface area contributed by atoms with Gasteiger partial charge in [-0.2, -0.15) is 0 Å². The van der Waals surface area contributed by atoms with Gasteiger partial charge in [0.2, 0.25) is 0 Å². The van der Waals surface area contributed by atoms with Gasteiger partial charge in [-0.1, -0.05) is 26.0 Å². The third-order valence-electron chi connectivity index (χ3n) is 2.22. The highest BCUT2D eigenvalue weighted by molar-refractivity contribution is 5.85. The van der Waals surface area contributed by atoms with Crippen molar-refractivity contribution in [3.8, 4) is 5.75 Å². The highest BCUT2D eigenvalue weighted by Gasteiger charge is 1.97. The van der Waals surface area contributed by atoms with Crippen LogP contribution in [-0.4, -0.2) is 30.9 Å². The lowest BCUT2D eigenvalue weighted by Gasteiger charge is -2.09. The molecule has 1 aromatic rings. The van der Waals surface area contributed by atoms with Crippen LogP contribution < -0.4 is 4.74 Å². The van der Waals surface area contributed by atoms with E-state index in [0.29, 0.717) is 24.9 Å². The Morgan fingerprint density at radius 3 is 2.84 bits per heavy atom. The predicted octanol–water partition coefficient (Wildman–Crippen LogP) is 2.84. The molecular formula is C15H20O4. The first kappa shape index (κ1) is 15.2. The van der Waals surface area contributed by atoms with Crippen molar-refractivity contribution >= 4 is 12.0 Å². The Hall–Kier alpha value is -1.81. The Kier molecular flexibility index (Phi) is 6.68. The summed E-state index contributed by atoms with van der Waals surface area (Å²) in [7, 11) is 0. The van der Waals surface area contributed by atoms with Crippen molar-refractivity contribution in [1.82, 2.24) is 0 Å². The van der Waals surface area contributed by atoms with Crippen molar-refractivity contribution in [2.24, 2.45) is 5.92 Å². The van der Waals surface area contributed by atoms with Crippen LogP contribution in [0, 0.1) is 5.92 Å².